The van der Waals surface area contributed by atoms with Gasteiger partial charge in [-0.25, -0.2) is 4.79 Å². The van der Waals surface area contributed by atoms with Gasteiger partial charge < -0.3 is 9.82 Å². The molecule has 0 radical (unpaired) electrons. The van der Waals surface area contributed by atoms with E-state index in [9.17, 15) is 9.59 Å². The van der Waals surface area contributed by atoms with E-state index in [1.807, 2.05) is 32.0 Å². The number of nitrogens with one attached hydrogen (secondary N) is 1. The maximum atomic E-state index is 12.6. The van der Waals surface area contributed by atoms with Gasteiger partial charge in [0.15, 0.2) is 0 Å². The predicted molar refractivity (Wildman–Crippen MR) is 83.8 cm³/mol. The van der Waals surface area contributed by atoms with Gasteiger partial charge in [-0.15, -0.1) is 5.06 Å². The molecule has 0 atom stereocenters. The summed E-state index contributed by atoms with van der Waals surface area (Å²) < 4.78 is 0. The summed E-state index contributed by atoms with van der Waals surface area (Å²) in [5.41, 5.74) is 4.79. The fourth-order valence-electron chi connectivity index (χ4n) is 2.62. The molecule has 2 heterocycles. The van der Waals surface area contributed by atoms with Crippen LogP contribution >= 0.6 is 0 Å². The predicted octanol–water partition coefficient (Wildman–Crippen LogP) is 3.00. The third-order valence-corrected chi connectivity index (χ3v) is 3.53. The molecule has 1 aromatic heterocycles. The van der Waals surface area contributed by atoms with Crippen LogP contribution in [0.1, 0.15) is 29.4 Å². The zero-order chi connectivity index (χ0) is 15.9. The zero-order valence-electron chi connectivity index (χ0n) is 12.6. The number of hydrogen-bond donors (Lipinski definition) is 1. The van der Waals surface area contributed by atoms with Crippen molar-refractivity contribution < 1.29 is 14.4 Å². The Kier molecular flexibility index (Phi) is 3.33. The van der Waals surface area contributed by atoms with Crippen LogP contribution in [0.4, 0.5) is 5.69 Å². The van der Waals surface area contributed by atoms with E-state index < -0.39 is 5.97 Å². The van der Waals surface area contributed by atoms with Crippen LogP contribution in [0.25, 0.3) is 11.6 Å². The molecule has 2 aromatic rings. The van der Waals surface area contributed by atoms with E-state index in [4.69, 9.17) is 4.84 Å². The maximum absolute atomic E-state index is 12.6. The van der Waals surface area contributed by atoms with Crippen molar-refractivity contribution in [2.45, 2.75) is 20.8 Å². The van der Waals surface area contributed by atoms with Crippen molar-refractivity contribution in [3.63, 3.8) is 0 Å². The number of rotatable bonds is 2. The Morgan fingerprint density at radius 3 is 2.64 bits per heavy atom. The summed E-state index contributed by atoms with van der Waals surface area (Å²) in [5.74, 6) is -0.876. The minimum Gasteiger partial charge on any atom is -0.359 e. The minimum atomic E-state index is -0.531. The van der Waals surface area contributed by atoms with Crippen LogP contribution in [0.3, 0.4) is 0 Å². The molecule has 0 bridgehead atoms. The average molecular weight is 296 g/mol. The molecule has 1 aliphatic heterocycles. The number of anilines is 1. The molecule has 0 saturated carbocycles. The zero-order valence-corrected chi connectivity index (χ0v) is 12.6. The molecule has 5 nitrogen and oxygen atoms in total. The minimum absolute atomic E-state index is 0.344. The quantitative estimate of drug-likeness (QED) is 0.867. The van der Waals surface area contributed by atoms with Gasteiger partial charge in [0.2, 0.25) is 0 Å². The summed E-state index contributed by atoms with van der Waals surface area (Å²) in [4.78, 5) is 32.1. The van der Waals surface area contributed by atoms with Crippen LogP contribution in [-0.4, -0.2) is 16.9 Å². The summed E-state index contributed by atoms with van der Waals surface area (Å²) >= 11 is 0. The molecule has 0 saturated heterocycles. The number of benzene rings is 1. The highest BCUT2D eigenvalue weighted by molar-refractivity contribution is 6.35. The van der Waals surface area contributed by atoms with E-state index in [0.29, 0.717) is 11.3 Å². The second kappa shape index (κ2) is 5.18. The topological polar surface area (TPSA) is 62.4 Å². The van der Waals surface area contributed by atoms with Gasteiger partial charge in [-0.2, -0.15) is 0 Å². The van der Waals surface area contributed by atoms with Gasteiger partial charge in [-0.05, 0) is 37.6 Å². The van der Waals surface area contributed by atoms with Crippen molar-refractivity contribution in [1.29, 1.82) is 0 Å². The van der Waals surface area contributed by atoms with Crippen LogP contribution in [0.5, 0.6) is 0 Å². The Bertz CT molecular complexity index is 802. The second-order valence-electron chi connectivity index (χ2n) is 5.31. The lowest BCUT2D eigenvalue weighted by Crippen LogP contribution is -2.28. The maximum Gasteiger partial charge on any atom is 0.330 e. The molecule has 1 amide bonds. The van der Waals surface area contributed by atoms with E-state index in [-0.39, 0.29) is 5.91 Å². The molecular weight excluding hydrogens is 280 g/mol. The molecule has 112 valence electrons. The lowest BCUT2D eigenvalue weighted by atomic mass is 10.1. The van der Waals surface area contributed by atoms with E-state index in [1.165, 1.54) is 6.92 Å². The molecule has 0 unspecified atom stereocenters. The SMILES string of the molecule is CC(=O)ON1C(=O)/C(=C/c2[nH]c(C)cc2C)c2ccccc21. The first-order valence-corrected chi connectivity index (χ1v) is 6.97. The lowest BCUT2D eigenvalue weighted by Gasteiger charge is -2.14. The van der Waals surface area contributed by atoms with Crippen LogP contribution in [0, 0.1) is 13.8 Å². The number of hydroxylamine groups is 1. The first kappa shape index (κ1) is 14.1. The molecule has 0 aliphatic carbocycles. The van der Waals surface area contributed by atoms with E-state index in [2.05, 4.69) is 4.98 Å². The first-order valence-electron chi connectivity index (χ1n) is 6.97. The number of carbonyl (C=O) groups is 2. The van der Waals surface area contributed by atoms with Crippen molar-refractivity contribution in [1.82, 2.24) is 4.98 Å². The number of carbonyl (C=O) groups excluding carboxylic acids is 2. The number of aromatic amines is 1. The number of fused-ring (bicyclic) bond motifs is 1. The Hall–Kier alpha value is -2.82. The number of nitrogens with zero attached hydrogens (tertiary/aromatic N) is 1. The standard InChI is InChI=1S/C17H16N2O3/c1-10-8-11(2)18-15(10)9-14-13-6-4-5-7-16(13)19(17(14)21)22-12(3)20/h4-9,18H,1-3H3/b14-9+. The Morgan fingerprint density at radius 1 is 1.27 bits per heavy atom. The number of aryl methyl sites for hydroxylation is 2. The largest absolute Gasteiger partial charge is 0.359 e. The van der Waals surface area contributed by atoms with Crippen LogP contribution in [-0.2, 0) is 14.4 Å². The van der Waals surface area contributed by atoms with E-state index in [0.717, 1.165) is 27.6 Å². The first-order chi connectivity index (χ1) is 10.5. The van der Waals surface area contributed by atoms with Crippen molar-refractivity contribution >= 4 is 29.2 Å². The number of para-hydroxylation sites is 1. The van der Waals surface area contributed by atoms with Gasteiger partial charge in [-0.3, -0.25) is 4.79 Å². The summed E-state index contributed by atoms with van der Waals surface area (Å²) in [7, 11) is 0. The second-order valence-corrected chi connectivity index (χ2v) is 5.31. The number of H-pyrrole nitrogens is 1. The third kappa shape index (κ3) is 2.30. The molecule has 1 aliphatic rings. The molecule has 1 N–H and O–H groups in total. The summed E-state index contributed by atoms with van der Waals surface area (Å²) in [6.45, 7) is 5.21. The highest BCUT2D eigenvalue weighted by Crippen LogP contribution is 2.38. The van der Waals surface area contributed by atoms with Crippen molar-refractivity contribution in [3.05, 3.63) is 52.8 Å². The van der Waals surface area contributed by atoms with Crippen molar-refractivity contribution in [2.24, 2.45) is 0 Å². The van der Waals surface area contributed by atoms with Gasteiger partial charge >= 0.3 is 5.97 Å². The summed E-state index contributed by atoms with van der Waals surface area (Å²) in [6, 6.07) is 9.26. The van der Waals surface area contributed by atoms with Gasteiger partial charge in [0.1, 0.15) is 0 Å². The van der Waals surface area contributed by atoms with Crippen molar-refractivity contribution in [3.8, 4) is 0 Å². The lowest BCUT2D eigenvalue weighted by molar-refractivity contribution is -0.146. The normalized spacial score (nSPS) is 15.3. The highest BCUT2D eigenvalue weighted by atomic mass is 16.7. The molecular formula is C17H16N2O3. The Morgan fingerprint density at radius 2 is 2.00 bits per heavy atom. The smallest absolute Gasteiger partial charge is 0.330 e. The van der Waals surface area contributed by atoms with Gasteiger partial charge in [-0.1, -0.05) is 18.2 Å². The summed E-state index contributed by atoms with van der Waals surface area (Å²) in [6.07, 6.45) is 1.80. The van der Waals surface area contributed by atoms with Gasteiger partial charge in [0, 0.05) is 23.9 Å². The van der Waals surface area contributed by atoms with Crippen LogP contribution in [0.15, 0.2) is 30.3 Å². The van der Waals surface area contributed by atoms with Gasteiger partial charge in [0.05, 0.1) is 11.3 Å². The van der Waals surface area contributed by atoms with E-state index >= 15 is 0 Å². The number of hydrogen-bond acceptors (Lipinski definition) is 3. The molecule has 1 aromatic carbocycles. The molecule has 0 fully saturated rings. The molecule has 0 spiro atoms. The average Bonchev–Trinajstić information content (AvgIpc) is 2.91. The fourth-order valence-corrected chi connectivity index (χ4v) is 2.62. The Balaban J connectivity index is 2.11. The monoisotopic (exact) mass is 296 g/mol. The molecule has 5 heteroatoms. The molecule has 22 heavy (non-hydrogen) atoms. The number of amides is 1. The van der Waals surface area contributed by atoms with Gasteiger partial charge in [0.25, 0.3) is 5.91 Å². The van der Waals surface area contributed by atoms with Crippen LogP contribution in [0.2, 0.25) is 0 Å². The highest BCUT2D eigenvalue weighted by Gasteiger charge is 2.34. The van der Waals surface area contributed by atoms with E-state index in [1.54, 1.807) is 18.2 Å². The summed E-state index contributed by atoms with van der Waals surface area (Å²) in [5, 5.41) is 1.05. The van der Waals surface area contributed by atoms with Crippen LogP contribution < -0.4 is 5.06 Å². The fraction of sp³-hybridized carbons (Fsp3) is 0.176. The molecule has 3 rings (SSSR count). The third-order valence-electron chi connectivity index (χ3n) is 3.53. The van der Waals surface area contributed by atoms with Crippen molar-refractivity contribution in [2.75, 3.05) is 5.06 Å². The Labute approximate surface area is 128 Å². The number of aromatic nitrogens is 1.